The number of amides is 1. The maximum Gasteiger partial charge on any atom is 0.261 e. The molecule has 1 aromatic carbocycles. The van der Waals surface area contributed by atoms with Crippen molar-refractivity contribution in [2.45, 2.75) is 45.7 Å². The number of para-hydroxylation sites is 1. The molecular formula is C22H27N5O2S. The summed E-state index contributed by atoms with van der Waals surface area (Å²) in [5, 5.41) is 6.15. The minimum atomic E-state index is -0.0794. The van der Waals surface area contributed by atoms with Crippen LogP contribution in [0.5, 0.6) is 0 Å². The highest BCUT2D eigenvalue weighted by Gasteiger charge is 2.17. The number of rotatable bonds is 7. The molecule has 3 aromatic rings. The van der Waals surface area contributed by atoms with Crippen LogP contribution in [0, 0.1) is 5.92 Å². The first-order chi connectivity index (χ1) is 14.6. The molecule has 158 valence electrons. The van der Waals surface area contributed by atoms with E-state index >= 15 is 0 Å². The highest BCUT2D eigenvalue weighted by molar-refractivity contribution is 7.13. The molecule has 2 aromatic heterocycles. The maximum atomic E-state index is 12.5. The molecular weight excluding hydrogens is 398 g/mol. The number of likely N-dealkylation sites (tertiary alicyclic amines) is 1. The number of hydrogen-bond donors (Lipinski definition) is 1. The van der Waals surface area contributed by atoms with Crippen LogP contribution in [0.4, 0.5) is 5.13 Å². The summed E-state index contributed by atoms with van der Waals surface area (Å²) in [6.45, 7) is 5.82. The zero-order valence-electron chi connectivity index (χ0n) is 17.2. The maximum absolute atomic E-state index is 12.5. The molecule has 0 spiro atoms. The first-order valence-electron chi connectivity index (χ1n) is 10.5. The lowest BCUT2D eigenvalue weighted by Crippen LogP contribution is -2.33. The smallest absolute Gasteiger partial charge is 0.261 e. The van der Waals surface area contributed by atoms with Gasteiger partial charge in [-0.25, -0.2) is 9.97 Å². The van der Waals surface area contributed by atoms with Gasteiger partial charge in [-0.15, -0.1) is 11.3 Å². The van der Waals surface area contributed by atoms with Crippen LogP contribution in [0.3, 0.4) is 0 Å². The van der Waals surface area contributed by atoms with E-state index < -0.39 is 0 Å². The van der Waals surface area contributed by atoms with Gasteiger partial charge in [0.05, 0.1) is 22.9 Å². The summed E-state index contributed by atoms with van der Waals surface area (Å²) in [5.41, 5.74) is 1.63. The Labute approximate surface area is 179 Å². The standard InChI is InChI=1S/C22H27N5O2S/c1-16-6-4-10-26(12-16)13-17-14-30-22(24-17)25-20(28)9-5-11-27-15-23-19-8-3-2-7-18(19)21(27)29/h2-3,7-8,14-16H,4-6,9-13H2,1H3,(H,24,25,28). The third-order valence-electron chi connectivity index (χ3n) is 5.46. The molecule has 1 aliphatic rings. The van der Waals surface area contributed by atoms with E-state index in [1.165, 1.54) is 24.2 Å². The van der Waals surface area contributed by atoms with Crippen molar-refractivity contribution in [2.24, 2.45) is 5.92 Å². The summed E-state index contributed by atoms with van der Waals surface area (Å²) < 4.78 is 1.57. The molecule has 30 heavy (non-hydrogen) atoms. The number of thiazole rings is 1. The summed E-state index contributed by atoms with van der Waals surface area (Å²) in [6, 6.07) is 7.29. The Bertz CT molecular complexity index is 1080. The minimum Gasteiger partial charge on any atom is -0.302 e. The van der Waals surface area contributed by atoms with Gasteiger partial charge in [0.1, 0.15) is 0 Å². The van der Waals surface area contributed by atoms with Crippen LogP contribution in [0.1, 0.15) is 38.3 Å². The Morgan fingerprint density at radius 1 is 1.33 bits per heavy atom. The van der Waals surface area contributed by atoms with Crippen molar-refractivity contribution in [1.29, 1.82) is 0 Å². The lowest BCUT2D eigenvalue weighted by atomic mass is 10.0. The quantitative estimate of drug-likeness (QED) is 0.627. The van der Waals surface area contributed by atoms with E-state index in [1.54, 1.807) is 17.0 Å². The molecule has 1 N–H and O–H groups in total. The van der Waals surface area contributed by atoms with Crippen LogP contribution >= 0.6 is 11.3 Å². The number of nitrogens with zero attached hydrogens (tertiary/aromatic N) is 4. The van der Waals surface area contributed by atoms with Crippen molar-refractivity contribution in [2.75, 3.05) is 18.4 Å². The fourth-order valence-electron chi connectivity index (χ4n) is 3.95. The molecule has 4 rings (SSSR count). The van der Waals surface area contributed by atoms with Gasteiger partial charge >= 0.3 is 0 Å². The third-order valence-corrected chi connectivity index (χ3v) is 6.27. The highest BCUT2D eigenvalue weighted by atomic mass is 32.1. The molecule has 8 heteroatoms. The van der Waals surface area contributed by atoms with E-state index in [4.69, 9.17) is 0 Å². The van der Waals surface area contributed by atoms with Crippen LogP contribution < -0.4 is 10.9 Å². The number of anilines is 1. The van der Waals surface area contributed by atoms with E-state index in [0.717, 1.165) is 31.2 Å². The molecule has 0 radical (unpaired) electrons. The fraction of sp³-hybridized carbons (Fsp3) is 0.455. The number of aromatic nitrogens is 3. The molecule has 3 heterocycles. The molecule has 7 nitrogen and oxygen atoms in total. The van der Waals surface area contributed by atoms with Gasteiger partial charge in [-0.1, -0.05) is 19.1 Å². The van der Waals surface area contributed by atoms with Crippen molar-refractivity contribution in [3.8, 4) is 0 Å². The average molecular weight is 426 g/mol. The van der Waals surface area contributed by atoms with E-state index in [0.29, 0.717) is 35.4 Å². The van der Waals surface area contributed by atoms with Crippen LogP contribution in [0.15, 0.2) is 40.8 Å². The van der Waals surface area contributed by atoms with Crippen molar-refractivity contribution in [3.63, 3.8) is 0 Å². The van der Waals surface area contributed by atoms with Crippen molar-refractivity contribution >= 4 is 33.3 Å². The number of hydrogen-bond acceptors (Lipinski definition) is 6. The number of carbonyl (C=O) groups is 1. The van der Waals surface area contributed by atoms with E-state index in [-0.39, 0.29) is 11.5 Å². The van der Waals surface area contributed by atoms with Crippen molar-refractivity contribution in [3.05, 3.63) is 52.0 Å². The predicted octanol–water partition coefficient (Wildman–Crippen LogP) is 3.50. The van der Waals surface area contributed by atoms with Gasteiger partial charge in [0, 0.05) is 31.4 Å². The van der Waals surface area contributed by atoms with Gasteiger partial charge in [0.15, 0.2) is 5.13 Å². The summed E-state index contributed by atoms with van der Waals surface area (Å²) >= 11 is 1.47. The molecule has 1 aliphatic heterocycles. The molecule has 1 unspecified atom stereocenters. The fourth-order valence-corrected chi connectivity index (χ4v) is 4.67. The largest absolute Gasteiger partial charge is 0.302 e. The highest BCUT2D eigenvalue weighted by Crippen LogP contribution is 2.21. The first kappa shape index (κ1) is 20.7. The van der Waals surface area contributed by atoms with E-state index in [1.807, 2.05) is 23.6 Å². The Morgan fingerprint density at radius 3 is 3.07 bits per heavy atom. The molecule has 1 fully saturated rings. The number of fused-ring (bicyclic) bond motifs is 1. The molecule has 1 saturated heterocycles. The van der Waals surface area contributed by atoms with E-state index in [2.05, 4.69) is 27.1 Å². The number of aryl methyl sites for hydroxylation is 1. The zero-order valence-corrected chi connectivity index (χ0v) is 18.0. The molecule has 0 bridgehead atoms. The Hall–Kier alpha value is -2.58. The molecule has 0 saturated carbocycles. The number of benzene rings is 1. The van der Waals surface area contributed by atoms with Gasteiger partial charge < -0.3 is 5.32 Å². The summed E-state index contributed by atoms with van der Waals surface area (Å²) in [5.74, 6) is 0.658. The Kier molecular flexibility index (Phi) is 6.54. The van der Waals surface area contributed by atoms with Gasteiger partial charge in [0.25, 0.3) is 5.56 Å². The molecule has 1 amide bonds. The Balaban J connectivity index is 1.26. The SMILES string of the molecule is CC1CCCN(Cc2csc(NC(=O)CCCn3cnc4ccccc4c3=O)n2)C1. The predicted molar refractivity (Wildman–Crippen MR) is 120 cm³/mol. The topological polar surface area (TPSA) is 80.1 Å². The first-order valence-corrected chi connectivity index (χ1v) is 11.4. The van der Waals surface area contributed by atoms with Crippen LogP contribution in [-0.4, -0.2) is 38.4 Å². The molecule has 0 aliphatic carbocycles. The normalized spacial score (nSPS) is 17.3. The second-order valence-electron chi connectivity index (χ2n) is 8.04. The summed E-state index contributed by atoms with van der Waals surface area (Å²) in [4.78, 5) is 36.1. The van der Waals surface area contributed by atoms with Crippen LogP contribution in [-0.2, 0) is 17.9 Å². The van der Waals surface area contributed by atoms with Crippen LogP contribution in [0.2, 0.25) is 0 Å². The van der Waals surface area contributed by atoms with Crippen molar-refractivity contribution < 1.29 is 4.79 Å². The van der Waals surface area contributed by atoms with Gasteiger partial charge in [-0.2, -0.15) is 0 Å². The lowest BCUT2D eigenvalue weighted by Gasteiger charge is -2.30. The van der Waals surface area contributed by atoms with Crippen LogP contribution in [0.25, 0.3) is 10.9 Å². The number of piperidine rings is 1. The second kappa shape index (κ2) is 9.49. The van der Waals surface area contributed by atoms with E-state index in [9.17, 15) is 9.59 Å². The Morgan fingerprint density at radius 2 is 2.20 bits per heavy atom. The average Bonchev–Trinajstić information content (AvgIpc) is 3.16. The third kappa shape index (κ3) is 5.12. The minimum absolute atomic E-state index is 0.0717. The van der Waals surface area contributed by atoms with Gasteiger partial charge in [-0.3, -0.25) is 19.1 Å². The number of nitrogens with one attached hydrogen (secondary N) is 1. The number of carbonyl (C=O) groups excluding carboxylic acids is 1. The summed E-state index contributed by atoms with van der Waals surface area (Å²) in [6.07, 6.45) is 4.99. The molecule has 1 atom stereocenters. The second-order valence-corrected chi connectivity index (χ2v) is 8.90. The monoisotopic (exact) mass is 425 g/mol. The summed E-state index contributed by atoms with van der Waals surface area (Å²) in [7, 11) is 0. The lowest BCUT2D eigenvalue weighted by molar-refractivity contribution is -0.116. The van der Waals surface area contributed by atoms with Gasteiger partial charge in [0.2, 0.25) is 5.91 Å². The van der Waals surface area contributed by atoms with Gasteiger partial charge in [-0.05, 0) is 43.9 Å². The van der Waals surface area contributed by atoms with Crippen molar-refractivity contribution in [1.82, 2.24) is 19.4 Å². The zero-order chi connectivity index (χ0) is 20.9.